The van der Waals surface area contributed by atoms with E-state index < -0.39 is 0 Å². The predicted octanol–water partition coefficient (Wildman–Crippen LogP) is 0.974. The fourth-order valence-electron chi connectivity index (χ4n) is 1.56. The predicted molar refractivity (Wildman–Crippen MR) is 61.7 cm³/mol. The molecule has 0 radical (unpaired) electrons. The summed E-state index contributed by atoms with van der Waals surface area (Å²) in [6.45, 7) is 5.55. The Hall–Kier alpha value is -1.91. The molecule has 0 aliphatic carbocycles. The SMILES string of the molecule is Cc1cc2cn(C(C)C)c(=O)nc2[nH]c1=O. The first-order valence-electron chi connectivity index (χ1n) is 5.12. The van der Waals surface area contributed by atoms with Crippen LogP contribution in [0, 0.1) is 6.92 Å². The van der Waals surface area contributed by atoms with Gasteiger partial charge in [-0.2, -0.15) is 4.98 Å². The third kappa shape index (κ3) is 1.64. The molecule has 0 aliphatic rings. The Bertz CT molecular complexity index is 652. The molecule has 0 aliphatic heterocycles. The monoisotopic (exact) mass is 219 g/mol. The summed E-state index contributed by atoms with van der Waals surface area (Å²) in [7, 11) is 0. The van der Waals surface area contributed by atoms with Crippen molar-refractivity contribution in [2.75, 3.05) is 0 Å². The lowest BCUT2D eigenvalue weighted by Crippen LogP contribution is -2.25. The van der Waals surface area contributed by atoms with Crippen molar-refractivity contribution < 1.29 is 0 Å². The Kier molecular flexibility index (Phi) is 2.38. The molecule has 0 fully saturated rings. The van der Waals surface area contributed by atoms with Gasteiger partial charge in [-0.25, -0.2) is 4.79 Å². The van der Waals surface area contributed by atoms with Gasteiger partial charge in [0.15, 0.2) is 0 Å². The van der Waals surface area contributed by atoms with Crippen LogP contribution in [0.4, 0.5) is 0 Å². The first kappa shape index (κ1) is 10.6. The second-order valence-corrected chi connectivity index (χ2v) is 4.11. The van der Waals surface area contributed by atoms with E-state index in [2.05, 4.69) is 9.97 Å². The first-order chi connectivity index (χ1) is 7.49. The van der Waals surface area contributed by atoms with Gasteiger partial charge in [-0.3, -0.25) is 9.36 Å². The van der Waals surface area contributed by atoms with Crippen LogP contribution in [-0.2, 0) is 0 Å². The van der Waals surface area contributed by atoms with Crippen LogP contribution in [0.15, 0.2) is 21.9 Å². The summed E-state index contributed by atoms with van der Waals surface area (Å²) in [6.07, 6.45) is 1.72. The maximum absolute atomic E-state index is 11.6. The second-order valence-electron chi connectivity index (χ2n) is 4.11. The molecule has 5 nitrogen and oxygen atoms in total. The number of rotatable bonds is 1. The van der Waals surface area contributed by atoms with Gasteiger partial charge < -0.3 is 4.98 Å². The van der Waals surface area contributed by atoms with Crippen LogP contribution in [0.1, 0.15) is 25.5 Å². The Morgan fingerprint density at radius 3 is 2.69 bits per heavy atom. The summed E-state index contributed by atoms with van der Waals surface area (Å²) in [5, 5.41) is 0.769. The Labute approximate surface area is 91.8 Å². The van der Waals surface area contributed by atoms with E-state index in [1.54, 1.807) is 23.8 Å². The zero-order chi connectivity index (χ0) is 11.9. The van der Waals surface area contributed by atoms with Crippen molar-refractivity contribution in [2.24, 2.45) is 0 Å². The highest BCUT2D eigenvalue weighted by atomic mass is 16.1. The highest BCUT2D eigenvalue weighted by Crippen LogP contribution is 2.08. The number of aromatic nitrogens is 3. The molecule has 16 heavy (non-hydrogen) atoms. The van der Waals surface area contributed by atoms with Crippen molar-refractivity contribution >= 4 is 11.0 Å². The number of fused-ring (bicyclic) bond motifs is 1. The van der Waals surface area contributed by atoms with Crippen LogP contribution in [-0.4, -0.2) is 14.5 Å². The largest absolute Gasteiger partial charge is 0.349 e. The molecule has 0 bridgehead atoms. The van der Waals surface area contributed by atoms with Crippen molar-refractivity contribution in [1.29, 1.82) is 0 Å². The number of H-pyrrole nitrogens is 1. The molecular formula is C11H13N3O2. The van der Waals surface area contributed by atoms with Crippen LogP contribution >= 0.6 is 0 Å². The molecule has 2 aromatic rings. The van der Waals surface area contributed by atoms with Crippen molar-refractivity contribution in [3.8, 4) is 0 Å². The van der Waals surface area contributed by atoms with E-state index >= 15 is 0 Å². The van der Waals surface area contributed by atoms with Crippen LogP contribution in [0.3, 0.4) is 0 Å². The molecule has 5 heteroatoms. The highest BCUT2D eigenvalue weighted by molar-refractivity contribution is 5.73. The molecule has 2 rings (SSSR count). The zero-order valence-electron chi connectivity index (χ0n) is 9.44. The van der Waals surface area contributed by atoms with Crippen molar-refractivity contribution in [3.05, 3.63) is 38.7 Å². The van der Waals surface area contributed by atoms with Gasteiger partial charge in [-0.1, -0.05) is 0 Å². The number of pyridine rings is 1. The molecule has 0 unspecified atom stereocenters. The molecule has 0 amide bonds. The van der Waals surface area contributed by atoms with Gasteiger partial charge >= 0.3 is 5.69 Å². The summed E-state index contributed by atoms with van der Waals surface area (Å²) in [5.74, 6) is 0. The molecule has 84 valence electrons. The topological polar surface area (TPSA) is 67.8 Å². The number of aromatic amines is 1. The summed E-state index contributed by atoms with van der Waals surface area (Å²) in [4.78, 5) is 29.4. The van der Waals surface area contributed by atoms with Crippen molar-refractivity contribution in [1.82, 2.24) is 14.5 Å². The molecule has 1 N–H and O–H groups in total. The third-order valence-corrected chi connectivity index (χ3v) is 2.50. The lowest BCUT2D eigenvalue weighted by Gasteiger charge is -2.09. The van der Waals surface area contributed by atoms with Gasteiger partial charge in [0.1, 0.15) is 5.65 Å². The van der Waals surface area contributed by atoms with Gasteiger partial charge in [0.25, 0.3) is 5.56 Å². The minimum atomic E-state index is -0.345. The standard InChI is InChI=1S/C11H13N3O2/c1-6(2)14-5-8-4-7(3)10(15)12-9(8)13-11(14)16/h4-6H,1-3H3,(H,12,13,15,16). The van der Waals surface area contributed by atoms with Gasteiger partial charge in [0, 0.05) is 23.2 Å². The van der Waals surface area contributed by atoms with Crippen molar-refractivity contribution in [2.45, 2.75) is 26.8 Å². The molecule has 2 aromatic heterocycles. The average Bonchev–Trinajstić information content (AvgIpc) is 2.19. The van der Waals surface area contributed by atoms with E-state index in [1.165, 1.54) is 0 Å². The van der Waals surface area contributed by atoms with Gasteiger partial charge in [0.05, 0.1) is 0 Å². The maximum Gasteiger partial charge on any atom is 0.349 e. The van der Waals surface area contributed by atoms with Crippen LogP contribution < -0.4 is 11.2 Å². The number of hydrogen-bond acceptors (Lipinski definition) is 3. The van der Waals surface area contributed by atoms with E-state index in [0.717, 1.165) is 5.39 Å². The molecule has 2 heterocycles. The summed E-state index contributed by atoms with van der Waals surface area (Å²) in [6, 6.07) is 1.79. The fraction of sp³-hybridized carbons (Fsp3) is 0.364. The lowest BCUT2D eigenvalue weighted by atomic mass is 10.2. The first-order valence-corrected chi connectivity index (χ1v) is 5.12. The van der Waals surface area contributed by atoms with Crippen LogP contribution in [0.2, 0.25) is 0 Å². The molecule has 0 spiro atoms. The molecule has 0 atom stereocenters. The van der Waals surface area contributed by atoms with Gasteiger partial charge in [0.2, 0.25) is 0 Å². The number of aryl methyl sites for hydroxylation is 1. The molecule has 0 saturated carbocycles. The Morgan fingerprint density at radius 2 is 2.06 bits per heavy atom. The van der Waals surface area contributed by atoms with E-state index in [1.807, 2.05) is 13.8 Å². The lowest BCUT2D eigenvalue weighted by molar-refractivity contribution is 0.568. The smallest absolute Gasteiger partial charge is 0.306 e. The summed E-state index contributed by atoms with van der Waals surface area (Å²) < 4.78 is 1.54. The fourth-order valence-corrected chi connectivity index (χ4v) is 1.56. The van der Waals surface area contributed by atoms with E-state index in [9.17, 15) is 9.59 Å². The van der Waals surface area contributed by atoms with Crippen LogP contribution in [0.25, 0.3) is 11.0 Å². The Morgan fingerprint density at radius 1 is 1.38 bits per heavy atom. The van der Waals surface area contributed by atoms with E-state index in [4.69, 9.17) is 0 Å². The maximum atomic E-state index is 11.6. The van der Waals surface area contributed by atoms with E-state index in [0.29, 0.717) is 11.2 Å². The van der Waals surface area contributed by atoms with Crippen molar-refractivity contribution in [3.63, 3.8) is 0 Å². The van der Waals surface area contributed by atoms with Gasteiger partial charge in [-0.15, -0.1) is 0 Å². The minimum absolute atomic E-state index is 0.0524. The summed E-state index contributed by atoms with van der Waals surface area (Å²) >= 11 is 0. The summed E-state index contributed by atoms with van der Waals surface area (Å²) in [5.41, 5.74) is 0.407. The molecule has 0 saturated heterocycles. The third-order valence-electron chi connectivity index (χ3n) is 2.50. The number of nitrogens with zero attached hydrogens (tertiary/aromatic N) is 2. The van der Waals surface area contributed by atoms with E-state index in [-0.39, 0.29) is 17.3 Å². The normalized spacial score (nSPS) is 11.2. The van der Waals surface area contributed by atoms with Crippen LogP contribution in [0.5, 0.6) is 0 Å². The molecule has 0 aromatic carbocycles. The second kappa shape index (κ2) is 3.59. The van der Waals surface area contributed by atoms with Gasteiger partial charge in [-0.05, 0) is 26.8 Å². The zero-order valence-corrected chi connectivity index (χ0v) is 9.44. The quantitative estimate of drug-likeness (QED) is 0.777. The highest BCUT2D eigenvalue weighted by Gasteiger charge is 2.06. The number of nitrogens with one attached hydrogen (secondary N) is 1. The molecular weight excluding hydrogens is 206 g/mol. The Balaban J connectivity index is 2.85. The minimum Gasteiger partial charge on any atom is -0.306 e. The number of hydrogen-bond donors (Lipinski definition) is 1. The average molecular weight is 219 g/mol.